The first kappa shape index (κ1) is 13.1. The van der Waals surface area contributed by atoms with Crippen LogP contribution in [0, 0.1) is 0 Å². The summed E-state index contributed by atoms with van der Waals surface area (Å²) < 4.78 is 10.3. The number of aryl methyl sites for hydroxylation is 1. The van der Waals surface area contributed by atoms with Gasteiger partial charge in [-0.25, -0.2) is 4.98 Å². The Morgan fingerprint density at radius 2 is 2.16 bits per heavy atom. The third-order valence-electron chi connectivity index (χ3n) is 3.66. The van der Waals surface area contributed by atoms with E-state index in [1.807, 2.05) is 11.6 Å². The molecule has 0 aliphatic carbocycles. The summed E-state index contributed by atoms with van der Waals surface area (Å²) >= 11 is 3.57. The summed E-state index contributed by atoms with van der Waals surface area (Å²) in [7, 11) is 2.03. The van der Waals surface area contributed by atoms with Gasteiger partial charge in [0.25, 0.3) is 0 Å². The molecular formula is C12H18BrN5O. The lowest BCUT2D eigenvalue weighted by molar-refractivity contribution is 0.0829. The molecule has 19 heavy (non-hydrogen) atoms. The van der Waals surface area contributed by atoms with Gasteiger partial charge in [0.05, 0.1) is 5.69 Å². The SMILES string of the molecule is Cn1c(C2CCOCC2)nn2c(Br)c(CCN)nc12. The van der Waals surface area contributed by atoms with Gasteiger partial charge in [-0.3, -0.25) is 4.57 Å². The molecule has 0 spiro atoms. The van der Waals surface area contributed by atoms with Gasteiger partial charge in [-0.1, -0.05) is 0 Å². The molecule has 0 radical (unpaired) electrons. The van der Waals surface area contributed by atoms with Gasteiger partial charge in [0.1, 0.15) is 10.4 Å². The minimum absolute atomic E-state index is 0.463. The molecule has 3 rings (SSSR count). The molecule has 0 bridgehead atoms. The Morgan fingerprint density at radius 1 is 1.42 bits per heavy atom. The first-order chi connectivity index (χ1) is 9.22. The van der Waals surface area contributed by atoms with E-state index in [1.165, 1.54) is 0 Å². The van der Waals surface area contributed by atoms with Crippen LogP contribution in [0.2, 0.25) is 0 Å². The average Bonchev–Trinajstić information content (AvgIpc) is 2.91. The van der Waals surface area contributed by atoms with Gasteiger partial charge in [-0.15, -0.1) is 0 Å². The summed E-state index contributed by atoms with van der Waals surface area (Å²) in [5, 5.41) is 4.71. The van der Waals surface area contributed by atoms with Gasteiger partial charge >= 0.3 is 0 Å². The van der Waals surface area contributed by atoms with Crippen molar-refractivity contribution in [3.63, 3.8) is 0 Å². The molecule has 2 aromatic rings. The maximum absolute atomic E-state index is 5.59. The summed E-state index contributed by atoms with van der Waals surface area (Å²) in [5.41, 5.74) is 6.57. The van der Waals surface area contributed by atoms with Crippen molar-refractivity contribution >= 4 is 21.7 Å². The van der Waals surface area contributed by atoms with E-state index in [-0.39, 0.29) is 0 Å². The lowest BCUT2D eigenvalue weighted by atomic mass is 10.00. The van der Waals surface area contributed by atoms with E-state index in [0.29, 0.717) is 12.5 Å². The third-order valence-corrected chi connectivity index (χ3v) is 4.46. The number of ether oxygens (including phenoxy) is 1. The van der Waals surface area contributed by atoms with Crippen LogP contribution in [0.4, 0.5) is 0 Å². The van der Waals surface area contributed by atoms with Gasteiger partial charge in [-0.2, -0.15) is 9.61 Å². The van der Waals surface area contributed by atoms with E-state index in [9.17, 15) is 0 Å². The van der Waals surface area contributed by atoms with Crippen molar-refractivity contribution in [2.75, 3.05) is 19.8 Å². The fourth-order valence-electron chi connectivity index (χ4n) is 2.61. The predicted octanol–water partition coefficient (Wildman–Crippen LogP) is 1.23. The molecule has 7 heteroatoms. The zero-order valence-electron chi connectivity index (χ0n) is 11.0. The highest BCUT2D eigenvalue weighted by molar-refractivity contribution is 9.10. The normalized spacial score (nSPS) is 17.4. The van der Waals surface area contributed by atoms with Crippen LogP contribution < -0.4 is 5.73 Å². The number of nitrogens with two attached hydrogens (primary N) is 1. The topological polar surface area (TPSA) is 70.4 Å². The predicted molar refractivity (Wildman–Crippen MR) is 75.2 cm³/mol. The van der Waals surface area contributed by atoms with E-state index in [4.69, 9.17) is 15.6 Å². The summed E-state index contributed by atoms with van der Waals surface area (Å²) in [6, 6.07) is 0. The molecule has 0 saturated carbocycles. The molecule has 2 N–H and O–H groups in total. The van der Waals surface area contributed by atoms with Crippen molar-refractivity contribution in [2.24, 2.45) is 12.8 Å². The van der Waals surface area contributed by atoms with Crippen LogP contribution in [-0.4, -0.2) is 38.9 Å². The van der Waals surface area contributed by atoms with Gasteiger partial charge in [-0.05, 0) is 35.3 Å². The highest BCUT2D eigenvalue weighted by atomic mass is 79.9. The largest absolute Gasteiger partial charge is 0.381 e. The van der Waals surface area contributed by atoms with Crippen LogP contribution in [-0.2, 0) is 18.2 Å². The fraction of sp³-hybridized carbons (Fsp3) is 0.667. The molecule has 6 nitrogen and oxygen atoms in total. The molecule has 1 fully saturated rings. The van der Waals surface area contributed by atoms with E-state index in [0.717, 1.165) is 54.4 Å². The lowest BCUT2D eigenvalue weighted by Crippen LogP contribution is -2.17. The van der Waals surface area contributed by atoms with Gasteiger partial charge in [0, 0.05) is 32.6 Å². The van der Waals surface area contributed by atoms with Crippen LogP contribution >= 0.6 is 15.9 Å². The maximum Gasteiger partial charge on any atom is 0.233 e. The summed E-state index contributed by atoms with van der Waals surface area (Å²) in [4.78, 5) is 4.62. The first-order valence-corrected chi connectivity index (χ1v) is 7.39. The maximum atomic E-state index is 5.59. The molecule has 0 unspecified atom stereocenters. The molecule has 1 aliphatic rings. The Labute approximate surface area is 120 Å². The molecule has 1 saturated heterocycles. The molecule has 0 atom stereocenters. The van der Waals surface area contributed by atoms with Gasteiger partial charge in [0.15, 0.2) is 0 Å². The Bertz CT molecular complexity index is 584. The zero-order valence-corrected chi connectivity index (χ0v) is 12.6. The third kappa shape index (κ3) is 2.19. The highest BCUT2D eigenvalue weighted by Crippen LogP contribution is 2.28. The number of imidazole rings is 1. The Hall–Kier alpha value is -0.920. The van der Waals surface area contributed by atoms with Gasteiger partial charge < -0.3 is 10.5 Å². The number of halogens is 1. The monoisotopic (exact) mass is 327 g/mol. The minimum Gasteiger partial charge on any atom is -0.381 e. The first-order valence-electron chi connectivity index (χ1n) is 6.60. The van der Waals surface area contributed by atoms with Crippen LogP contribution in [0.25, 0.3) is 5.78 Å². The van der Waals surface area contributed by atoms with E-state index in [2.05, 4.69) is 25.5 Å². The van der Waals surface area contributed by atoms with E-state index in [1.54, 1.807) is 0 Å². The summed E-state index contributed by atoms with van der Waals surface area (Å²) in [6.45, 7) is 2.23. The number of hydrogen-bond acceptors (Lipinski definition) is 4. The smallest absolute Gasteiger partial charge is 0.233 e. The van der Waals surface area contributed by atoms with Crippen molar-refractivity contribution in [1.29, 1.82) is 0 Å². The van der Waals surface area contributed by atoms with Crippen molar-refractivity contribution < 1.29 is 4.74 Å². The minimum atomic E-state index is 0.463. The molecule has 104 valence electrons. The van der Waals surface area contributed by atoms with Crippen molar-refractivity contribution in [2.45, 2.75) is 25.2 Å². The Morgan fingerprint density at radius 3 is 2.79 bits per heavy atom. The molecule has 0 amide bonds. The second-order valence-electron chi connectivity index (χ2n) is 4.90. The fourth-order valence-corrected chi connectivity index (χ4v) is 3.13. The second-order valence-corrected chi connectivity index (χ2v) is 5.65. The Kier molecular flexibility index (Phi) is 3.60. The number of rotatable bonds is 3. The van der Waals surface area contributed by atoms with Crippen molar-refractivity contribution in [1.82, 2.24) is 19.2 Å². The standard InChI is InChI=1S/C12H18BrN5O/c1-17-11(8-3-6-19-7-4-8)16-18-10(13)9(2-5-14)15-12(17)18/h8H,2-7,14H2,1H3. The van der Waals surface area contributed by atoms with Crippen LogP contribution in [0.3, 0.4) is 0 Å². The van der Waals surface area contributed by atoms with Gasteiger partial charge in [0.2, 0.25) is 5.78 Å². The summed E-state index contributed by atoms with van der Waals surface area (Å²) in [5.74, 6) is 2.42. The zero-order chi connectivity index (χ0) is 13.4. The van der Waals surface area contributed by atoms with Crippen LogP contribution in [0.5, 0.6) is 0 Å². The lowest BCUT2D eigenvalue weighted by Gasteiger charge is -2.20. The van der Waals surface area contributed by atoms with Crippen molar-refractivity contribution in [3.8, 4) is 0 Å². The quantitative estimate of drug-likeness (QED) is 0.920. The van der Waals surface area contributed by atoms with Crippen LogP contribution in [0.15, 0.2) is 4.60 Å². The number of hydrogen-bond donors (Lipinski definition) is 1. The molecule has 1 aliphatic heterocycles. The average molecular weight is 328 g/mol. The van der Waals surface area contributed by atoms with E-state index >= 15 is 0 Å². The van der Waals surface area contributed by atoms with Crippen LogP contribution in [0.1, 0.15) is 30.3 Å². The molecule has 2 aromatic heterocycles. The molecule has 3 heterocycles. The number of aromatic nitrogens is 4. The second kappa shape index (κ2) is 5.22. The summed E-state index contributed by atoms with van der Waals surface area (Å²) in [6.07, 6.45) is 2.82. The van der Waals surface area contributed by atoms with E-state index < -0.39 is 0 Å². The molecule has 0 aromatic carbocycles. The Balaban J connectivity index is 2.01. The highest BCUT2D eigenvalue weighted by Gasteiger charge is 2.24. The number of nitrogens with zero attached hydrogens (tertiary/aromatic N) is 4. The number of fused-ring (bicyclic) bond motifs is 1. The molecular weight excluding hydrogens is 310 g/mol. The van der Waals surface area contributed by atoms with Crippen molar-refractivity contribution in [3.05, 3.63) is 16.1 Å².